The van der Waals surface area contributed by atoms with E-state index >= 15 is 0 Å². The molecule has 0 fully saturated rings. The van der Waals surface area contributed by atoms with Crippen molar-refractivity contribution in [2.75, 3.05) is 13.1 Å². The standard InChI is InChI=1S/C14H21ClN2O.ClH/c1-14(2,10-17-13(18)8-5-9-16)11-6-3-4-7-12(11)15;/h3-4,6-7H,5,8-10,16H2,1-2H3,(H,17,18);1H. The van der Waals surface area contributed by atoms with E-state index in [1.807, 2.05) is 24.3 Å². The summed E-state index contributed by atoms with van der Waals surface area (Å²) in [6.45, 7) is 5.25. The normalized spacial score (nSPS) is 10.7. The molecule has 3 N–H and O–H groups in total. The van der Waals surface area contributed by atoms with Crippen LogP contribution in [0.5, 0.6) is 0 Å². The van der Waals surface area contributed by atoms with Gasteiger partial charge in [-0.15, -0.1) is 12.4 Å². The highest BCUT2D eigenvalue weighted by molar-refractivity contribution is 6.31. The first kappa shape index (κ1) is 18.2. The Morgan fingerprint density at radius 1 is 1.37 bits per heavy atom. The summed E-state index contributed by atoms with van der Waals surface area (Å²) in [6, 6.07) is 7.73. The van der Waals surface area contributed by atoms with Gasteiger partial charge in [0.05, 0.1) is 0 Å². The van der Waals surface area contributed by atoms with Crippen molar-refractivity contribution in [1.82, 2.24) is 5.32 Å². The number of hydrogen-bond donors (Lipinski definition) is 2. The number of rotatable bonds is 6. The molecule has 0 spiro atoms. The second-order valence-electron chi connectivity index (χ2n) is 5.03. The van der Waals surface area contributed by atoms with Crippen LogP contribution in [0.15, 0.2) is 24.3 Å². The Bertz CT molecular complexity index is 408. The van der Waals surface area contributed by atoms with E-state index in [1.54, 1.807) is 0 Å². The van der Waals surface area contributed by atoms with Crippen molar-refractivity contribution in [3.05, 3.63) is 34.9 Å². The molecule has 1 aromatic rings. The number of halogens is 2. The van der Waals surface area contributed by atoms with E-state index in [0.717, 1.165) is 17.0 Å². The lowest BCUT2D eigenvalue weighted by Gasteiger charge is -2.26. The fraction of sp³-hybridized carbons (Fsp3) is 0.500. The first-order valence-corrected chi connectivity index (χ1v) is 6.57. The smallest absolute Gasteiger partial charge is 0.220 e. The highest BCUT2D eigenvalue weighted by Gasteiger charge is 2.23. The minimum atomic E-state index is -0.184. The van der Waals surface area contributed by atoms with E-state index in [2.05, 4.69) is 19.2 Å². The highest BCUT2D eigenvalue weighted by atomic mass is 35.5. The van der Waals surface area contributed by atoms with Gasteiger partial charge in [0.2, 0.25) is 5.91 Å². The third kappa shape index (κ3) is 5.81. The van der Waals surface area contributed by atoms with E-state index in [-0.39, 0.29) is 23.7 Å². The van der Waals surface area contributed by atoms with Gasteiger partial charge in [-0.05, 0) is 24.6 Å². The van der Waals surface area contributed by atoms with Crippen LogP contribution >= 0.6 is 24.0 Å². The number of carbonyl (C=O) groups excluding carboxylic acids is 1. The molecule has 5 heteroatoms. The predicted molar refractivity (Wildman–Crippen MR) is 83.0 cm³/mol. The molecule has 0 saturated heterocycles. The molecule has 0 unspecified atom stereocenters. The number of hydrogen-bond acceptors (Lipinski definition) is 2. The number of nitrogens with two attached hydrogens (primary N) is 1. The van der Waals surface area contributed by atoms with Crippen LogP contribution in [0.4, 0.5) is 0 Å². The van der Waals surface area contributed by atoms with Gasteiger partial charge >= 0.3 is 0 Å². The van der Waals surface area contributed by atoms with Crippen molar-refractivity contribution < 1.29 is 4.79 Å². The average Bonchev–Trinajstić information content (AvgIpc) is 2.34. The second-order valence-corrected chi connectivity index (χ2v) is 5.44. The fourth-order valence-electron chi connectivity index (χ4n) is 1.78. The number of nitrogens with one attached hydrogen (secondary N) is 1. The summed E-state index contributed by atoms with van der Waals surface area (Å²) in [4.78, 5) is 11.6. The van der Waals surface area contributed by atoms with Crippen LogP contribution in [0.1, 0.15) is 32.3 Å². The Morgan fingerprint density at radius 2 is 2.00 bits per heavy atom. The van der Waals surface area contributed by atoms with E-state index in [9.17, 15) is 4.79 Å². The lowest BCUT2D eigenvalue weighted by molar-refractivity contribution is -0.121. The zero-order valence-corrected chi connectivity index (χ0v) is 13.0. The van der Waals surface area contributed by atoms with Crippen molar-refractivity contribution >= 4 is 29.9 Å². The van der Waals surface area contributed by atoms with E-state index in [1.165, 1.54) is 0 Å². The van der Waals surface area contributed by atoms with Gasteiger partial charge in [0.15, 0.2) is 0 Å². The number of benzene rings is 1. The summed E-state index contributed by atoms with van der Waals surface area (Å²) in [6.07, 6.45) is 1.20. The zero-order chi connectivity index (χ0) is 13.6. The van der Waals surface area contributed by atoms with E-state index < -0.39 is 0 Å². The van der Waals surface area contributed by atoms with Crippen molar-refractivity contribution in [1.29, 1.82) is 0 Å². The molecular formula is C14H22Cl2N2O. The van der Waals surface area contributed by atoms with Crippen LogP contribution in [-0.2, 0) is 10.2 Å². The summed E-state index contributed by atoms with van der Waals surface area (Å²) < 4.78 is 0. The summed E-state index contributed by atoms with van der Waals surface area (Å²) in [5.74, 6) is 0.0422. The van der Waals surface area contributed by atoms with Crippen LogP contribution < -0.4 is 11.1 Å². The zero-order valence-electron chi connectivity index (χ0n) is 11.4. The molecule has 1 amide bonds. The monoisotopic (exact) mass is 304 g/mol. The Labute approximate surface area is 126 Å². The van der Waals surface area contributed by atoms with E-state index in [4.69, 9.17) is 17.3 Å². The molecule has 0 atom stereocenters. The molecule has 19 heavy (non-hydrogen) atoms. The number of carbonyl (C=O) groups is 1. The lowest BCUT2D eigenvalue weighted by Crippen LogP contribution is -2.36. The van der Waals surface area contributed by atoms with Crippen LogP contribution in [0.25, 0.3) is 0 Å². The minimum Gasteiger partial charge on any atom is -0.355 e. The maximum Gasteiger partial charge on any atom is 0.220 e. The van der Waals surface area contributed by atoms with Crippen LogP contribution in [0.2, 0.25) is 5.02 Å². The SMILES string of the molecule is CC(C)(CNC(=O)CCCN)c1ccccc1Cl.Cl. The largest absolute Gasteiger partial charge is 0.355 e. The van der Waals surface area contributed by atoms with Crippen molar-refractivity contribution in [3.63, 3.8) is 0 Å². The molecule has 1 rings (SSSR count). The molecule has 108 valence electrons. The third-order valence-corrected chi connectivity index (χ3v) is 3.27. The van der Waals surface area contributed by atoms with Crippen LogP contribution in [0, 0.1) is 0 Å². The molecule has 0 aliphatic carbocycles. The van der Waals surface area contributed by atoms with Crippen molar-refractivity contribution in [2.24, 2.45) is 5.73 Å². The van der Waals surface area contributed by atoms with Gasteiger partial charge in [0.25, 0.3) is 0 Å². The van der Waals surface area contributed by atoms with Gasteiger partial charge in [-0.25, -0.2) is 0 Å². The summed E-state index contributed by atoms with van der Waals surface area (Å²) in [5.41, 5.74) is 6.24. The molecule has 0 heterocycles. The quantitative estimate of drug-likeness (QED) is 0.849. The highest BCUT2D eigenvalue weighted by Crippen LogP contribution is 2.28. The molecule has 0 saturated carbocycles. The van der Waals surface area contributed by atoms with Gasteiger partial charge in [0, 0.05) is 23.4 Å². The Morgan fingerprint density at radius 3 is 2.58 bits per heavy atom. The topological polar surface area (TPSA) is 55.1 Å². The summed E-state index contributed by atoms with van der Waals surface area (Å²) >= 11 is 6.18. The van der Waals surface area contributed by atoms with Crippen molar-refractivity contribution in [2.45, 2.75) is 32.1 Å². The van der Waals surface area contributed by atoms with Gasteiger partial charge in [-0.2, -0.15) is 0 Å². The summed E-state index contributed by atoms with van der Waals surface area (Å²) in [7, 11) is 0. The molecule has 1 aromatic carbocycles. The average molecular weight is 305 g/mol. The maximum absolute atomic E-state index is 11.6. The predicted octanol–water partition coefficient (Wildman–Crippen LogP) is 2.89. The van der Waals surface area contributed by atoms with Gasteiger partial charge in [-0.3, -0.25) is 4.79 Å². The van der Waals surface area contributed by atoms with E-state index in [0.29, 0.717) is 19.5 Å². The molecule has 0 aromatic heterocycles. The molecular weight excluding hydrogens is 283 g/mol. The Hall–Kier alpha value is -0.770. The van der Waals surface area contributed by atoms with Crippen molar-refractivity contribution in [3.8, 4) is 0 Å². The van der Waals surface area contributed by atoms with Crippen LogP contribution in [0.3, 0.4) is 0 Å². The molecule has 0 bridgehead atoms. The van der Waals surface area contributed by atoms with Gasteiger partial charge in [0.1, 0.15) is 0 Å². The number of amides is 1. The molecule has 0 radical (unpaired) electrons. The Balaban J connectivity index is 0.00000324. The molecule has 0 aliphatic heterocycles. The van der Waals surface area contributed by atoms with Crippen LogP contribution in [-0.4, -0.2) is 19.0 Å². The first-order valence-electron chi connectivity index (χ1n) is 6.19. The lowest BCUT2D eigenvalue weighted by atomic mass is 9.84. The third-order valence-electron chi connectivity index (χ3n) is 2.94. The second kappa shape index (κ2) is 8.41. The van der Waals surface area contributed by atoms with Gasteiger partial charge < -0.3 is 11.1 Å². The maximum atomic E-state index is 11.6. The summed E-state index contributed by atoms with van der Waals surface area (Å²) in [5, 5.41) is 3.67. The molecule has 3 nitrogen and oxygen atoms in total. The fourth-order valence-corrected chi connectivity index (χ4v) is 2.17. The Kier molecular flexibility index (Phi) is 8.07. The first-order chi connectivity index (χ1) is 8.47. The van der Waals surface area contributed by atoms with Gasteiger partial charge in [-0.1, -0.05) is 43.6 Å². The molecule has 0 aliphatic rings. The minimum absolute atomic E-state index is 0.